The van der Waals surface area contributed by atoms with Gasteiger partial charge in [-0.25, -0.2) is 31.9 Å². The van der Waals surface area contributed by atoms with E-state index < -0.39 is 75.8 Å². The molecule has 0 fully saturated rings. The fraction of sp³-hybridized carbons (Fsp3) is 0.286. The van der Waals surface area contributed by atoms with Gasteiger partial charge < -0.3 is 69.3 Å². The lowest BCUT2D eigenvalue weighted by molar-refractivity contribution is -0.124. The first-order valence-electron chi connectivity index (χ1n) is 39.9. The molecule has 15 rings (SSSR count). The quantitative estimate of drug-likeness (QED) is 0.0257. The van der Waals surface area contributed by atoms with Crippen LogP contribution >= 0.6 is 58.0 Å². The Hall–Kier alpha value is -11.1. The van der Waals surface area contributed by atoms with Crippen LogP contribution in [0.4, 0.5) is 18.8 Å². The lowest BCUT2D eigenvalue weighted by atomic mass is 9.92. The van der Waals surface area contributed by atoms with E-state index in [2.05, 4.69) is 30.3 Å². The molecule has 6 atom stereocenters. The third-order valence-electron chi connectivity index (χ3n) is 21.0. The second-order valence-electron chi connectivity index (χ2n) is 30.2. The molecule has 0 spiro atoms. The van der Waals surface area contributed by atoms with Gasteiger partial charge in [-0.15, -0.1) is 0 Å². The van der Waals surface area contributed by atoms with Gasteiger partial charge in [0.05, 0.1) is 5.25 Å². The molecule has 123 heavy (non-hydrogen) atoms. The monoisotopic (exact) mass is 1790 g/mol. The SMILES string of the molecule is CC(C)C(=O)NCC(O)COc1ccc(C2c3[nH]c4ccc(Cl)cc4c3CCN2C(=O)Oc2ccc(Cl)cc2)cc1.CC(C)S(=O)(=O)NCC(O)COc1ccc(C2c3[nH]c4ccc(Cl)cc4c3CCN2C(=O)Oc2ccc(F)cc2)cc1.CCC(=O)NCC(O)COc1ccc(C2c3[nH]c4ccc(Cl)cc4c3CCN2C(=O)Oc2ccc(Cl)cc2)cc1. The number of aliphatic hydroxyl groups excluding tert-OH is 3. The predicted octanol–water partition coefficient (Wildman–Crippen LogP) is 17.2. The third-order valence-corrected chi connectivity index (χ3v) is 24.0. The number of hydrogen-bond acceptors (Lipinski definition) is 16. The van der Waals surface area contributed by atoms with Crippen molar-refractivity contribution in [1.82, 2.24) is 45.0 Å². The normalized spacial score (nSPS) is 15.6. The number of halogens is 6. The van der Waals surface area contributed by atoms with E-state index in [1.807, 2.05) is 84.9 Å². The van der Waals surface area contributed by atoms with Gasteiger partial charge in [0.25, 0.3) is 0 Å². The molecule has 0 saturated heterocycles. The smallest absolute Gasteiger partial charge is 0.416 e. The molecule has 9 N–H and O–H groups in total. The number of nitrogens with zero attached hydrogens (tertiary/aromatic N) is 3. The average Bonchev–Trinajstić information content (AvgIpc) is 1.65. The first-order valence-corrected chi connectivity index (χ1v) is 43.3. The van der Waals surface area contributed by atoms with Gasteiger partial charge in [0.1, 0.15) is 96.6 Å². The highest BCUT2D eigenvalue weighted by atomic mass is 35.5. The number of H-pyrrole nitrogens is 3. The summed E-state index contributed by atoms with van der Waals surface area (Å²) in [6, 6.07) is 56.0. The van der Waals surface area contributed by atoms with Crippen LogP contribution in [0.2, 0.25) is 25.1 Å². The van der Waals surface area contributed by atoms with Crippen LogP contribution in [0, 0.1) is 11.7 Å². The maximum absolute atomic E-state index is 13.5. The number of hydrogen-bond donors (Lipinski definition) is 9. The van der Waals surface area contributed by atoms with Gasteiger partial charge in [-0.1, -0.05) is 115 Å². The lowest BCUT2D eigenvalue weighted by Gasteiger charge is -2.35. The van der Waals surface area contributed by atoms with Crippen molar-refractivity contribution in [3.8, 4) is 34.5 Å². The Balaban J connectivity index is 0.000000159. The zero-order valence-corrected chi connectivity index (χ0v) is 72.1. The van der Waals surface area contributed by atoms with Crippen molar-refractivity contribution in [2.24, 2.45) is 5.92 Å². The molecule has 32 heteroatoms. The van der Waals surface area contributed by atoms with E-state index >= 15 is 0 Å². The van der Waals surface area contributed by atoms with Crippen LogP contribution in [-0.4, -0.2) is 166 Å². The number of carbonyl (C=O) groups excluding carboxylic acids is 5. The lowest BCUT2D eigenvalue weighted by Crippen LogP contribution is -2.42. The topological polar surface area (TPSA) is 329 Å². The van der Waals surface area contributed by atoms with Crippen molar-refractivity contribution in [2.45, 2.75) is 102 Å². The molecule has 25 nitrogen and oxygen atoms in total. The van der Waals surface area contributed by atoms with E-state index in [9.17, 15) is 52.1 Å². The summed E-state index contributed by atoms with van der Waals surface area (Å²) in [6.07, 6.45) is -2.09. The maximum Gasteiger partial charge on any atom is 0.416 e. The number of aliphatic hydroxyl groups is 3. The summed E-state index contributed by atoms with van der Waals surface area (Å²) in [5.74, 6) is 1.76. The minimum Gasteiger partial charge on any atom is -0.491 e. The van der Waals surface area contributed by atoms with Crippen LogP contribution in [-0.2, 0) is 38.9 Å². The molecule has 5 amide bonds. The number of amides is 5. The number of aromatic nitrogens is 3. The largest absolute Gasteiger partial charge is 0.491 e. The molecule has 0 radical (unpaired) electrons. The van der Waals surface area contributed by atoms with Gasteiger partial charge in [0.2, 0.25) is 21.8 Å². The molecule has 0 aliphatic carbocycles. The summed E-state index contributed by atoms with van der Waals surface area (Å²) in [5.41, 5.74) is 11.2. The zero-order chi connectivity index (χ0) is 87.3. The van der Waals surface area contributed by atoms with Crippen molar-refractivity contribution in [1.29, 1.82) is 0 Å². The molecule has 0 bridgehead atoms. The third kappa shape index (κ3) is 22.5. The average molecular weight is 1800 g/mol. The van der Waals surface area contributed by atoms with Gasteiger partial charge in [0.15, 0.2) is 0 Å². The van der Waals surface area contributed by atoms with Crippen LogP contribution < -0.4 is 43.8 Å². The second-order valence-corrected chi connectivity index (χ2v) is 34.7. The molecular weight excluding hydrogens is 1700 g/mol. The van der Waals surface area contributed by atoms with E-state index in [-0.39, 0.29) is 62.9 Å². The fourth-order valence-electron chi connectivity index (χ4n) is 14.5. The molecule has 644 valence electrons. The number of fused-ring (bicyclic) bond motifs is 9. The Morgan fingerprint density at radius 1 is 0.431 bits per heavy atom. The molecular formula is C91H91Cl5FN9O16S. The summed E-state index contributed by atoms with van der Waals surface area (Å²) in [4.78, 5) is 79.0. The zero-order valence-electron chi connectivity index (χ0n) is 67.5. The van der Waals surface area contributed by atoms with Crippen molar-refractivity contribution >= 4 is 131 Å². The van der Waals surface area contributed by atoms with E-state index in [1.165, 1.54) is 24.3 Å². The second kappa shape index (κ2) is 40.5. The van der Waals surface area contributed by atoms with E-state index in [0.29, 0.717) is 99.2 Å². The Morgan fingerprint density at radius 3 is 1.05 bits per heavy atom. The van der Waals surface area contributed by atoms with Crippen LogP contribution in [0.25, 0.3) is 32.7 Å². The highest BCUT2D eigenvalue weighted by Crippen LogP contribution is 2.44. The van der Waals surface area contributed by atoms with Crippen molar-refractivity contribution in [2.75, 3.05) is 59.1 Å². The molecule has 6 unspecified atom stereocenters. The Kier molecular flexibility index (Phi) is 29.5. The summed E-state index contributed by atoms with van der Waals surface area (Å²) < 4.78 is 73.8. The number of carbonyl (C=O) groups is 5. The minimum absolute atomic E-state index is 0.0214. The van der Waals surface area contributed by atoms with Gasteiger partial charge >= 0.3 is 18.3 Å². The predicted molar refractivity (Wildman–Crippen MR) is 471 cm³/mol. The highest BCUT2D eigenvalue weighted by molar-refractivity contribution is 7.90. The van der Waals surface area contributed by atoms with Gasteiger partial charge in [-0.3, -0.25) is 24.3 Å². The highest BCUT2D eigenvalue weighted by Gasteiger charge is 2.40. The first kappa shape index (κ1) is 89.7. The molecule has 9 aromatic carbocycles. The van der Waals surface area contributed by atoms with E-state index in [1.54, 1.807) is 140 Å². The van der Waals surface area contributed by atoms with Crippen molar-refractivity contribution in [3.05, 3.63) is 282 Å². The number of ether oxygens (including phenoxy) is 6. The number of benzene rings is 9. The Labute approximate surface area is 734 Å². The number of nitrogens with one attached hydrogen (secondary N) is 6. The molecule has 6 heterocycles. The summed E-state index contributed by atoms with van der Waals surface area (Å²) in [5, 5.41) is 41.3. The maximum atomic E-state index is 13.5. The standard InChI is InChI=1S/C31H31Cl2N3O5.C30H29Cl2N3O5.C30H31ClFN3O6S/c1-18(2)30(38)34-16-22(37)17-40-23-8-3-19(4-9-23)29-28-25(26-15-21(33)7-12-27(26)35-28)13-14-36(29)31(39)41-24-10-5-20(32)6-11-24;1-2-27(37)33-16-21(36)17-39-22-8-3-18(4-9-22)29-28-24(25-15-20(32)7-12-26(25)34-28)13-14-35(29)30(38)40-23-10-5-19(31)6-11-23;1-18(2)42(38,39)33-16-22(36)17-40-23-8-3-19(4-9-23)29-28-25(26-15-20(31)5-12-27(26)34-28)13-14-35(29)30(37)41-24-10-6-21(32)7-11-24/h3-12,15,18,22,29,35,37H,13-14,16-17H2,1-2H3,(H,34,38);3-12,15,21,29,34,36H,2,13-14,16-17H2,1H3,(H,33,37);3-12,15,18,22,29,33-34,36H,13-14,16-17H2,1-2H3. The van der Waals surface area contributed by atoms with Gasteiger partial charge in [-0.2, -0.15) is 0 Å². The first-order chi connectivity index (χ1) is 59.0. The fourth-order valence-corrected chi connectivity index (χ4v) is 16.1. The van der Waals surface area contributed by atoms with Crippen LogP contribution in [0.1, 0.15) is 110 Å². The van der Waals surface area contributed by atoms with Gasteiger partial charge in [-0.05, 0) is 230 Å². The van der Waals surface area contributed by atoms with E-state index in [4.69, 9.17) is 86.4 Å². The summed E-state index contributed by atoms with van der Waals surface area (Å²) in [7, 11) is -3.50. The summed E-state index contributed by atoms with van der Waals surface area (Å²) >= 11 is 30.9. The van der Waals surface area contributed by atoms with Crippen LogP contribution in [0.3, 0.4) is 0 Å². The Morgan fingerprint density at radius 2 is 0.732 bits per heavy atom. The van der Waals surface area contributed by atoms with Gasteiger partial charge in [0, 0.05) is 127 Å². The molecule has 3 aliphatic heterocycles. The summed E-state index contributed by atoms with van der Waals surface area (Å²) in [6.45, 7) is 9.67. The number of aromatic amines is 3. The van der Waals surface area contributed by atoms with Crippen LogP contribution in [0.5, 0.6) is 34.5 Å². The molecule has 12 aromatic rings. The number of sulfonamides is 1. The molecule has 0 saturated carbocycles. The minimum atomic E-state index is -3.50. The van der Waals surface area contributed by atoms with Crippen molar-refractivity contribution in [3.63, 3.8) is 0 Å². The number of rotatable bonds is 25. The van der Waals surface area contributed by atoms with Crippen molar-refractivity contribution < 1.29 is 80.5 Å². The molecule has 3 aromatic heterocycles. The van der Waals surface area contributed by atoms with Crippen LogP contribution in [0.15, 0.2) is 200 Å². The van der Waals surface area contributed by atoms with E-state index in [0.717, 1.165) is 83.2 Å². The Bertz CT molecular complexity index is 5850. The molecule has 3 aliphatic rings.